The van der Waals surface area contributed by atoms with Gasteiger partial charge in [-0.3, -0.25) is 14.7 Å². The lowest BCUT2D eigenvalue weighted by molar-refractivity contribution is 0.0978. The Hall–Kier alpha value is -1.82. The topological polar surface area (TPSA) is 46.1 Å². The average molecular weight is 338 g/mol. The standard InChI is InChI=1S/C14H13BrFN3O/c1-9(2)19(13-4-3-11(15)7-18-13)14(20)10-5-12(16)8-17-6-10/h3-9H,1-2H3. The Morgan fingerprint density at radius 3 is 2.60 bits per heavy atom. The van der Waals surface area contributed by atoms with Crippen molar-refractivity contribution in [1.29, 1.82) is 0 Å². The highest BCUT2D eigenvalue weighted by Crippen LogP contribution is 2.19. The third-order valence-corrected chi connectivity index (χ3v) is 3.11. The number of hydrogen-bond donors (Lipinski definition) is 0. The predicted molar refractivity (Wildman–Crippen MR) is 78.1 cm³/mol. The second kappa shape index (κ2) is 6.09. The zero-order chi connectivity index (χ0) is 14.7. The summed E-state index contributed by atoms with van der Waals surface area (Å²) in [6.45, 7) is 3.74. The van der Waals surface area contributed by atoms with Crippen LogP contribution in [0.15, 0.2) is 41.3 Å². The fourth-order valence-electron chi connectivity index (χ4n) is 1.78. The van der Waals surface area contributed by atoms with Crippen LogP contribution in [-0.2, 0) is 0 Å². The van der Waals surface area contributed by atoms with Gasteiger partial charge in [0.05, 0.1) is 11.8 Å². The zero-order valence-corrected chi connectivity index (χ0v) is 12.6. The molecule has 0 unspecified atom stereocenters. The Morgan fingerprint density at radius 1 is 1.30 bits per heavy atom. The lowest BCUT2D eigenvalue weighted by Crippen LogP contribution is -2.37. The molecule has 0 aliphatic rings. The van der Waals surface area contributed by atoms with Gasteiger partial charge >= 0.3 is 0 Å². The molecule has 6 heteroatoms. The summed E-state index contributed by atoms with van der Waals surface area (Å²) in [4.78, 5) is 21.9. The van der Waals surface area contributed by atoms with Crippen molar-refractivity contribution in [1.82, 2.24) is 9.97 Å². The quantitative estimate of drug-likeness (QED) is 0.861. The molecule has 0 radical (unpaired) electrons. The SMILES string of the molecule is CC(C)N(C(=O)c1cncc(F)c1)c1ccc(Br)cn1. The minimum atomic E-state index is -0.539. The van der Waals surface area contributed by atoms with E-state index < -0.39 is 5.82 Å². The molecule has 2 rings (SSSR count). The van der Waals surface area contributed by atoms with Gasteiger partial charge < -0.3 is 0 Å². The molecule has 0 saturated heterocycles. The van der Waals surface area contributed by atoms with Gasteiger partial charge in [-0.25, -0.2) is 9.37 Å². The van der Waals surface area contributed by atoms with Crippen molar-refractivity contribution in [3.8, 4) is 0 Å². The Kier molecular flexibility index (Phi) is 4.44. The van der Waals surface area contributed by atoms with E-state index in [-0.39, 0.29) is 17.5 Å². The minimum absolute atomic E-state index is 0.112. The summed E-state index contributed by atoms with van der Waals surface area (Å²) < 4.78 is 14.0. The maximum atomic E-state index is 13.2. The monoisotopic (exact) mass is 337 g/mol. The molecule has 20 heavy (non-hydrogen) atoms. The Bertz CT molecular complexity index is 616. The summed E-state index contributed by atoms with van der Waals surface area (Å²) in [5.41, 5.74) is 0.198. The highest BCUT2D eigenvalue weighted by atomic mass is 79.9. The fourth-order valence-corrected chi connectivity index (χ4v) is 2.02. The number of carbonyl (C=O) groups is 1. The van der Waals surface area contributed by atoms with E-state index in [0.29, 0.717) is 5.82 Å². The highest BCUT2D eigenvalue weighted by Gasteiger charge is 2.22. The molecule has 0 spiro atoms. The van der Waals surface area contributed by atoms with E-state index >= 15 is 0 Å². The molecule has 0 aliphatic carbocycles. The summed E-state index contributed by atoms with van der Waals surface area (Å²) in [6.07, 6.45) is 4.02. The maximum absolute atomic E-state index is 13.2. The van der Waals surface area contributed by atoms with E-state index in [2.05, 4.69) is 25.9 Å². The van der Waals surface area contributed by atoms with Crippen LogP contribution >= 0.6 is 15.9 Å². The first-order valence-electron chi connectivity index (χ1n) is 6.04. The molecular weight excluding hydrogens is 325 g/mol. The van der Waals surface area contributed by atoms with Gasteiger partial charge in [0, 0.05) is 22.9 Å². The first kappa shape index (κ1) is 14.6. The van der Waals surface area contributed by atoms with Gasteiger partial charge in [-0.05, 0) is 48.0 Å². The van der Waals surface area contributed by atoms with Crippen molar-refractivity contribution in [2.45, 2.75) is 19.9 Å². The van der Waals surface area contributed by atoms with Gasteiger partial charge in [-0.1, -0.05) is 0 Å². The van der Waals surface area contributed by atoms with Gasteiger partial charge in [-0.2, -0.15) is 0 Å². The smallest absolute Gasteiger partial charge is 0.261 e. The van der Waals surface area contributed by atoms with Crippen LogP contribution in [0.2, 0.25) is 0 Å². The number of hydrogen-bond acceptors (Lipinski definition) is 3. The molecule has 4 nitrogen and oxygen atoms in total. The number of amides is 1. The van der Waals surface area contributed by atoms with E-state index in [9.17, 15) is 9.18 Å². The minimum Gasteiger partial charge on any atom is -0.290 e. The molecule has 0 atom stereocenters. The van der Waals surface area contributed by atoms with Crippen molar-refractivity contribution in [2.75, 3.05) is 4.90 Å². The van der Waals surface area contributed by atoms with E-state index in [1.54, 1.807) is 18.3 Å². The third-order valence-electron chi connectivity index (χ3n) is 2.65. The molecule has 0 aliphatic heterocycles. The van der Waals surface area contributed by atoms with E-state index in [1.807, 2.05) is 13.8 Å². The molecule has 0 bridgehead atoms. The summed E-state index contributed by atoms with van der Waals surface area (Å²) in [7, 11) is 0. The van der Waals surface area contributed by atoms with Crippen LogP contribution in [0, 0.1) is 5.82 Å². The predicted octanol–water partition coefficient (Wildman–Crippen LogP) is 3.43. The number of halogens is 2. The molecule has 0 fully saturated rings. The fraction of sp³-hybridized carbons (Fsp3) is 0.214. The number of pyridine rings is 2. The number of nitrogens with zero attached hydrogens (tertiary/aromatic N) is 3. The lowest BCUT2D eigenvalue weighted by Gasteiger charge is -2.25. The van der Waals surface area contributed by atoms with Crippen molar-refractivity contribution < 1.29 is 9.18 Å². The molecule has 2 heterocycles. The van der Waals surface area contributed by atoms with Crippen LogP contribution in [0.5, 0.6) is 0 Å². The second-order valence-electron chi connectivity index (χ2n) is 4.50. The van der Waals surface area contributed by atoms with Crippen LogP contribution in [-0.4, -0.2) is 21.9 Å². The number of rotatable bonds is 3. The molecule has 0 N–H and O–H groups in total. The maximum Gasteiger partial charge on any atom is 0.261 e. The van der Waals surface area contributed by atoms with Gasteiger partial charge in [0.2, 0.25) is 0 Å². The van der Waals surface area contributed by atoms with Crippen LogP contribution < -0.4 is 4.90 Å². The van der Waals surface area contributed by atoms with E-state index in [4.69, 9.17) is 0 Å². The van der Waals surface area contributed by atoms with Gasteiger partial charge in [0.1, 0.15) is 11.6 Å². The van der Waals surface area contributed by atoms with Gasteiger partial charge in [0.25, 0.3) is 5.91 Å². The van der Waals surface area contributed by atoms with Crippen molar-refractivity contribution in [2.24, 2.45) is 0 Å². The highest BCUT2D eigenvalue weighted by molar-refractivity contribution is 9.10. The molecule has 2 aromatic rings. The molecule has 104 valence electrons. The summed E-state index contributed by atoms with van der Waals surface area (Å²) >= 11 is 3.30. The van der Waals surface area contributed by atoms with E-state index in [0.717, 1.165) is 10.7 Å². The largest absolute Gasteiger partial charge is 0.290 e. The number of aromatic nitrogens is 2. The Morgan fingerprint density at radius 2 is 2.05 bits per heavy atom. The first-order chi connectivity index (χ1) is 9.49. The number of anilines is 1. The van der Waals surface area contributed by atoms with Crippen molar-refractivity contribution in [3.05, 3.63) is 52.6 Å². The lowest BCUT2D eigenvalue weighted by atomic mass is 10.2. The zero-order valence-electron chi connectivity index (χ0n) is 11.0. The van der Waals surface area contributed by atoms with Gasteiger partial charge in [0.15, 0.2) is 0 Å². The average Bonchev–Trinajstić information content (AvgIpc) is 2.41. The van der Waals surface area contributed by atoms with Gasteiger partial charge in [-0.15, -0.1) is 0 Å². The summed E-state index contributed by atoms with van der Waals surface area (Å²) in [5.74, 6) is -0.359. The van der Waals surface area contributed by atoms with Crippen LogP contribution in [0.25, 0.3) is 0 Å². The van der Waals surface area contributed by atoms with Crippen LogP contribution in [0.1, 0.15) is 24.2 Å². The molecule has 0 saturated carbocycles. The van der Waals surface area contributed by atoms with Crippen LogP contribution in [0.3, 0.4) is 0 Å². The molecule has 0 aromatic carbocycles. The summed E-state index contributed by atoms with van der Waals surface area (Å²) in [5, 5.41) is 0. The molecular formula is C14H13BrFN3O. The number of carbonyl (C=O) groups excluding carboxylic acids is 1. The second-order valence-corrected chi connectivity index (χ2v) is 5.41. The van der Waals surface area contributed by atoms with Crippen molar-refractivity contribution >= 4 is 27.7 Å². The first-order valence-corrected chi connectivity index (χ1v) is 6.84. The Labute approximate surface area is 124 Å². The van der Waals surface area contributed by atoms with Crippen LogP contribution in [0.4, 0.5) is 10.2 Å². The third kappa shape index (κ3) is 3.19. The summed E-state index contributed by atoms with van der Waals surface area (Å²) in [6, 6.07) is 4.59. The normalized spacial score (nSPS) is 10.7. The van der Waals surface area contributed by atoms with Crippen molar-refractivity contribution in [3.63, 3.8) is 0 Å². The molecule has 2 aromatic heterocycles. The molecule has 1 amide bonds. The Balaban J connectivity index is 2.38. The van der Waals surface area contributed by atoms with E-state index in [1.165, 1.54) is 17.2 Å².